The molecule has 0 aliphatic carbocycles. The molecule has 0 aliphatic rings. The highest BCUT2D eigenvalue weighted by Gasteiger charge is 2.22. The van der Waals surface area contributed by atoms with E-state index in [1.54, 1.807) is 0 Å². The fourth-order valence-corrected chi connectivity index (χ4v) is 11.3. The van der Waals surface area contributed by atoms with Gasteiger partial charge in [-0.1, -0.05) is 231 Å². The third kappa shape index (κ3) is 6.66. The maximum absolute atomic E-state index is 5.32. The second-order valence-corrected chi connectivity index (χ2v) is 18.4. The normalized spacial score (nSPS) is 11.7. The molecule has 330 valence electrons. The van der Waals surface area contributed by atoms with Crippen LogP contribution in [0.25, 0.3) is 138 Å². The monoisotopic (exact) mass is 901 g/mol. The Labute approximate surface area is 411 Å². The summed E-state index contributed by atoms with van der Waals surface area (Å²) >= 11 is 0. The predicted octanol–water partition coefficient (Wildman–Crippen LogP) is 18.2. The Morgan fingerprint density at radius 2 is 0.817 bits per heavy atom. The van der Waals surface area contributed by atoms with E-state index >= 15 is 0 Å². The number of aromatic nitrogens is 3. The second kappa shape index (κ2) is 16.7. The lowest BCUT2D eigenvalue weighted by molar-refractivity contribution is 1.18. The largest absolute Gasteiger partial charge is 0.309 e. The molecule has 0 atom stereocenters. The maximum Gasteiger partial charge on any atom is 0.160 e. The van der Waals surface area contributed by atoms with E-state index in [0.717, 1.165) is 50.4 Å². The Kier molecular flexibility index (Phi) is 9.53. The molecule has 3 heteroatoms. The van der Waals surface area contributed by atoms with Gasteiger partial charge in [-0.2, -0.15) is 0 Å². The van der Waals surface area contributed by atoms with Gasteiger partial charge < -0.3 is 4.57 Å². The van der Waals surface area contributed by atoms with Gasteiger partial charge in [0, 0.05) is 33.2 Å². The standard InChI is InChI=1S/C68H43N3/c1-4-20-47(21-5-1)64-54-29-14-15-30-55(54)65(59-40-39-44-19-10-11-26-51(44)67(59)64)56-42-41-50(52-27-12-13-28-53(52)56)45-35-37-46(38-36-45)60-43-61(70-68(69-60)48-22-6-2-7-23-48)57-32-18-34-63-66(57)58-31-16-17-33-62(58)71(63)49-24-8-3-9-25-49/h1-43H. The molecule has 2 aromatic heterocycles. The van der Waals surface area contributed by atoms with Crippen LogP contribution in [0.5, 0.6) is 0 Å². The van der Waals surface area contributed by atoms with E-state index in [-0.39, 0.29) is 0 Å². The van der Waals surface area contributed by atoms with E-state index in [4.69, 9.17) is 9.97 Å². The molecule has 3 nitrogen and oxygen atoms in total. The van der Waals surface area contributed by atoms with Crippen LogP contribution in [0.2, 0.25) is 0 Å². The van der Waals surface area contributed by atoms with Crippen LogP contribution in [0.15, 0.2) is 261 Å². The summed E-state index contributed by atoms with van der Waals surface area (Å²) in [6, 6.07) is 94.2. The molecular formula is C68H43N3. The Balaban J connectivity index is 0.921. The zero-order valence-electron chi connectivity index (χ0n) is 38.7. The van der Waals surface area contributed by atoms with Gasteiger partial charge in [-0.15, -0.1) is 0 Å². The second-order valence-electron chi connectivity index (χ2n) is 18.4. The molecule has 0 aliphatic heterocycles. The molecular weight excluding hydrogens is 859 g/mol. The van der Waals surface area contributed by atoms with E-state index in [0.29, 0.717) is 5.82 Å². The first-order valence-corrected chi connectivity index (χ1v) is 24.3. The summed E-state index contributed by atoms with van der Waals surface area (Å²) in [5.41, 5.74) is 15.5. The highest BCUT2D eigenvalue weighted by atomic mass is 15.0. The van der Waals surface area contributed by atoms with Crippen molar-refractivity contribution in [1.82, 2.24) is 14.5 Å². The molecule has 0 spiro atoms. The molecule has 2 heterocycles. The van der Waals surface area contributed by atoms with Crippen molar-refractivity contribution in [2.24, 2.45) is 0 Å². The van der Waals surface area contributed by atoms with Gasteiger partial charge in [-0.3, -0.25) is 0 Å². The first kappa shape index (κ1) is 40.6. The van der Waals surface area contributed by atoms with E-state index in [1.165, 1.54) is 81.7 Å². The minimum atomic E-state index is 0.692. The van der Waals surface area contributed by atoms with Crippen molar-refractivity contribution in [3.63, 3.8) is 0 Å². The predicted molar refractivity (Wildman–Crippen MR) is 299 cm³/mol. The highest BCUT2D eigenvalue weighted by molar-refractivity contribution is 6.29. The van der Waals surface area contributed by atoms with Gasteiger partial charge in [-0.05, 0) is 107 Å². The van der Waals surface area contributed by atoms with Crippen LogP contribution in [0, 0.1) is 0 Å². The van der Waals surface area contributed by atoms with Crippen LogP contribution in [-0.4, -0.2) is 14.5 Å². The van der Waals surface area contributed by atoms with Gasteiger partial charge in [-0.25, -0.2) is 9.97 Å². The number of fused-ring (bicyclic) bond motifs is 8. The van der Waals surface area contributed by atoms with Crippen LogP contribution in [-0.2, 0) is 0 Å². The molecule has 0 unspecified atom stereocenters. The van der Waals surface area contributed by atoms with Crippen molar-refractivity contribution >= 4 is 64.9 Å². The molecule has 0 amide bonds. The van der Waals surface area contributed by atoms with Gasteiger partial charge in [0.25, 0.3) is 0 Å². The van der Waals surface area contributed by atoms with Crippen molar-refractivity contribution < 1.29 is 0 Å². The van der Waals surface area contributed by atoms with Gasteiger partial charge >= 0.3 is 0 Å². The van der Waals surface area contributed by atoms with E-state index < -0.39 is 0 Å². The summed E-state index contributed by atoms with van der Waals surface area (Å²) in [4.78, 5) is 10.6. The summed E-state index contributed by atoms with van der Waals surface area (Å²) in [7, 11) is 0. The lowest BCUT2D eigenvalue weighted by Gasteiger charge is -2.21. The first-order valence-electron chi connectivity index (χ1n) is 24.3. The molecule has 0 radical (unpaired) electrons. The Hall–Kier alpha value is -9.44. The molecule has 14 rings (SSSR count). The van der Waals surface area contributed by atoms with Gasteiger partial charge in [0.15, 0.2) is 5.82 Å². The number of hydrogen-bond donors (Lipinski definition) is 0. The van der Waals surface area contributed by atoms with Gasteiger partial charge in [0.1, 0.15) is 0 Å². The van der Waals surface area contributed by atoms with Gasteiger partial charge in [0.05, 0.1) is 22.4 Å². The van der Waals surface area contributed by atoms with Crippen molar-refractivity contribution in [2.75, 3.05) is 0 Å². The quantitative estimate of drug-likeness (QED) is 0.118. The lowest BCUT2D eigenvalue weighted by Crippen LogP contribution is -1.97. The van der Waals surface area contributed by atoms with Crippen LogP contribution >= 0.6 is 0 Å². The molecule has 71 heavy (non-hydrogen) atoms. The number of nitrogens with zero attached hydrogens (tertiary/aromatic N) is 3. The van der Waals surface area contributed by atoms with E-state index in [1.807, 2.05) is 6.07 Å². The van der Waals surface area contributed by atoms with E-state index in [2.05, 4.69) is 259 Å². The van der Waals surface area contributed by atoms with Crippen LogP contribution in [0.3, 0.4) is 0 Å². The summed E-state index contributed by atoms with van der Waals surface area (Å²) in [6.45, 7) is 0. The fourth-order valence-electron chi connectivity index (χ4n) is 11.3. The molecule has 0 bridgehead atoms. The fraction of sp³-hybridized carbons (Fsp3) is 0. The van der Waals surface area contributed by atoms with Crippen LogP contribution < -0.4 is 0 Å². The Morgan fingerprint density at radius 3 is 1.56 bits per heavy atom. The Bertz CT molecular complexity index is 4370. The van der Waals surface area contributed by atoms with Gasteiger partial charge in [0.2, 0.25) is 0 Å². The first-order chi connectivity index (χ1) is 35.2. The minimum Gasteiger partial charge on any atom is -0.309 e. The molecule has 0 fully saturated rings. The zero-order valence-corrected chi connectivity index (χ0v) is 38.7. The minimum absolute atomic E-state index is 0.692. The average molecular weight is 902 g/mol. The molecule has 12 aromatic carbocycles. The third-order valence-corrected chi connectivity index (χ3v) is 14.4. The molecule has 0 saturated carbocycles. The van der Waals surface area contributed by atoms with Crippen molar-refractivity contribution in [2.45, 2.75) is 0 Å². The van der Waals surface area contributed by atoms with Crippen molar-refractivity contribution in [3.8, 4) is 73.0 Å². The SMILES string of the molecule is c1ccc(-c2nc(-c3ccc(-c4ccc(-c5c6ccccc6c(-c6ccccc6)c6c5ccc5ccccc56)c5ccccc45)cc3)cc(-c3cccc4c3c3ccccc3n4-c3ccccc3)n2)cc1. The van der Waals surface area contributed by atoms with Crippen molar-refractivity contribution in [1.29, 1.82) is 0 Å². The van der Waals surface area contributed by atoms with Crippen LogP contribution in [0.1, 0.15) is 0 Å². The smallest absolute Gasteiger partial charge is 0.160 e. The third-order valence-electron chi connectivity index (χ3n) is 14.4. The Morgan fingerprint density at radius 1 is 0.268 bits per heavy atom. The topological polar surface area (TPSA) is 30.7 Å². The summed E-state index contributed by atoms with van der Waals surface area (Å²) in [5, 5.41) is 12.3. The average Bonchev–Trinajstić information content (AvgIpc) is 3.80. The molecule has 14 aromatic rings. The summed E-state index contributed by atoms with van der Waals surface area (Å²) < 4.78 is 2.36. The molecule has 0 saturated heterocycles. The number of rotatable bonds is 7. The van der Waals surface area contributed by atoms with Crippen molar-refractivity contribution in [3.05, 3.63) is 261 Å². The lowest BCUT2D eigenvalue weighted by atomic mass is 9.82. The number of benzene rings is 12. The highest BCUT2D eigenvalue weighted by Crippen LogP contribution is 2.48. The van der Waals surface area contributed by atoms with Crippen LogP contribution in [0.4, 0.5) is 0 Å². The number of para-hydroxylation sites is 2. The number of hydrogen-bond acceptors (Lipinski definition) is 2. The summed E-state index contributed by atoms with van der Waals surface area (Å²) in [6.07, 6.45) is 0. The summed E-state index contributed by atoms with van der Waals surface area (Å²) in [5.74, 6) is 0.692. The zero-order chi connectivity index (χ0) is 46.8. The molecule has 0 N–H and O–H groups in total. The van der Waals surface area contributed by atoms with E-state index in [9.17, 15) is 0 Å². The maximum atomic E-state index is 5.32.